The van der Waals surface area contributed by atoms with Gasteiger partial charge in [-0.05, 0) is 49.5 Å². The topological polar surface area (TPSA) is 76.5 Å². The molecule has 0 aromatic carbocycles. The summed E-state index contributed by atoms with van der Waals surface area (Å²) in [5, 5.41) is 29.2. The Morgan fingerprint density at radius 3 is 2.63 bits per heavy atom. The third kappa shape index (κ3) is 2.81. The molecule has 0 aromatic heterocycles. The van der Waals surface area contributed by atoms with Crippen LogP contribution in [0.4, 0.5) is 0 Å². The number of hydrogen-bond donors (Lipinski definition) is 5. The first-order chi connectivity index (χ1) is 9.31. The zero-order valence-corrected chi connectivity index (χ0v) is 11.5. The number of piperidine rings is 2. The van der Waals surface area contributed by atoms with Gasteiger partial charge in [0.15, 0.2) is 0 Å². The van der Waals surface area contributed by atoms with Crippen molar-refractivity contribution in [3.63, 3.8) is 0 Å². The van der Waals surface area contributed by atoms with Crippen molar-refractivity contribution in [1.82, 2.24) is 16.0 Å². The Morgan fingerprint density at radius 1 is 0.947 bits per heavy atom. The van der Waals surface area contributed by atoms with E-state index in [1.807, 2.05) is 0 Å². The lowest BCUT2D eigenvalue weighted by molar-refractivity contribution is 0.105. The molecule has 3 aliphatic heterocycles. The molecule has 6 atom stereocenters. The van der Waals surface area contributed by atoms with Gasteiger partial charge in [-0.1, -0.05) is 0 Å². The molecule has 0 aliphatic carbocycles. The molecule has 3 saturated heterocycles. The number of rotatable bonds is 3. The number of aliphatic hydroxyl groups excluding tert-OH is 2. The molecule has 3 heterocycles. The number of hydrogen-bond acceptors (Lipinski definition) is 5. The van der Waals surface area contributed by atoms with Crippen LogP contribution in [-0.2, 0) is 0 Å². The third-order valence-corrected chi connectivity index (χ3v) is 5.37. The minimum absolute atomic E-state index is 0.243. The minimum atomic E-state index is 0.243. The van der Waals surface area contributed by atoms with E-state index in [9.17, 15) is 10.2 Å². The fourth-order valence-electron chi connectivity index (χ4n) is 4.30. The van der Waals surface area contributed by atoms with E-state index in [1.54, 1.807) is 0 Å². The van der Waals surface area contributed by atoms with Crippen molar-refractivity contribution in [2.75, 3.05) is 32.8 Å². The zero-order valence-electron chi connectivity index (χ0n) is 11.5. The van der Waals surface area contributed by atoms with Crippen molar-refractivity contribution in [2.45, 2.75) is 31.5 Å². The van der Waals surface area contributed by atoms with Gasteiger partial charge < -0.3 is 20.8 Å². The van der Waals surface area contributed by atoms with Crippen molar-refractivity contribution >= 4 is 0 Å². The van der Waals surface area contributed by atoms with Gasteiger partial charge >= 0.3 is 0 Å². The first kappa shape index (κ1) is 13.8. The molecule has 110 valence electrons. The molecule has 19 heavy (non-hydrogen) atoms. The highest BCUT2D eigenvalue weighted by Gasteiger charge is 2.43. The van der Waals surface area contributed by atoms with E-state index in [1.165, 1.54) is 6.42 Å². The van der Waals surface area contributed by atoms with Crippen LogP contribution >= 0.6 is 0 Å². The zero-order chi connectivity index (χ0) is 13.2. The number of fused-ring (bicyclic) bond motifs is 1. The lowest BCUT2D eigenvalue weighted by Gasteiger charge is -2.39. The molecule has 3 rings (SSSR count). The normalized spacial score (nSPS) is 47.1. The van der Waals surface area contributed by atoms with E-state index in [0.717, 1.165) is 32.5 Å². The smallest absolute Gasteiger partial charge is 0.0607 e. The molecule has 0 aromatic rings. The number of nitrogens with one attached hydrogen (secondary N) is 3. The van der Waals surface area contributed by atoms with Gasteiger partial charge in [0.25, 0.3) is 0 Å². The summed E-state index contributed by atoms with van der Waals surface area (Å²) in [7, 11) is 0. The van der Waals surface area contributed by atoms with Crippen LogP contribution in [0.15, 0.2) is 0 Å². The van der Waals surface area contributed by atoms with Crippen molar-refractivity contribution in [3.05, 3.63) is 0 Å². The Hall–Kier alpha value is -0.200. The maximum Gasteiger partial charge on any atom is 0.0607 e. The van der Waals surface area contributed by atoms with Gasteiger partial charge in [0.2, 0.25) is 0 Å². The molecule has 5 unspecified atom stereocenters. The van der Waals surface area contributed by atoms with E-state index >= 15 is 0 Å². The van der Waals surface area contributed by atoms with Crippen LogP contribution < -0.4 is 16.0 Å². The maximum atomic E-state index is 9.35. The molecular formula is C14H27N3O2. The van der Waals surface area contributed by atoms with Crippen molar-refractivity contribution in [1.29, 1.82) is 0 Å². The van der Waals surface area contributed by atoms with Gasteiger partial charge in [-0.25, -0.2) is 0 Å². The van der Waals surface area contributed by atoms with Crippen molar-refractivity contribution < 1.29 is 10.2 Å². The second-order valence-corrected chi connectivity index (χ2v) is 6.54. The summed E-state index contributed by atoms with van der Waals surface area (Å²) >= 11 is 0. The van der Waals surface area contributed by atoms with Gasteiger partial charge in [-0.2, -0.15) is 0 Å². The van der Waals surface area contributed by atoms with Crippen molar-refractivity contribution in [3.8, 4) is 0 Å². The van der Waals surface area contributed by atoms with E-state index in [2.05, 4.69) is 16.0 Å². The Bertz CT molecular complexity index is 302. The summed E-state index contributed by atoms with van der Waals surface area (Å²) < 4.78 is 0. The SMILES string of the molecule is OCC1CCC2C(NCC2C2CNC[C@H](CO)C2)N1. The van der Waals surface area contributed by atoms with Gasteiger partial charge in [0, 0.05) is 25.7 Å². The molecule has 0 radical (unpaired) electrons. The Morgan fingerprint density at radius 2 is 1.84 bits per heavy atom. The standard InChI is InChI=1S/C14H27N3O2/c18-7-9-3-10(5-15-4-9)13-6-16-14-12(13)2-1-11(8-19)17-14/h9-19H,1-8H2/t9-,10?,11?,12?,13?,14?/m1/s1. The highest BCUT2D eigenvalue weighted by atomic mass is 16.3. The van der Waals surface area contributed by atoms with Gasteiger partial charge in [-0.15, -0.1) is 0 Å². The van der Waals surface area contributed by atoms with E-state index in [-0.39, 0.29) is 12.6 Å². The van der Waals surface area contributed by atoms with Crippen LogP contribution in [-0.4, -0.2) is 55.3 Å². The summed E-state index contributed by atoms with van der Waals surface area (Å²) in [6.07, 6.45) is 3.83. The largest absolute Gasteiger partial charge is 0.396 e. The lowest BCUT2D eigenvalue weighted by Crippen LogP contribution is -2.53. The van der Waals surface area contributed by atoms with Crippen molar-refractivity contribution in [2.24, 2.45) is 23.7 Å². The molecule has 0 amide bonds. The summed E-state index contributed by atoms with van der Waals surface area (Å²) in [5.41, 5.74) is 0. The van der Waals surface area contributed by atoms with Crippen LogP contribution in [0.25, 0.3) is 0 Å². The van der Waals surface area contributed by atoms with Gasteiger partial charge in [0.05, 0.1) is 12.8 Å². The molecular weight excluding hydrogens is 242 g/mol. The molecule has 0 saturated carbocycles. The van der Waals surface area contributed by atoms with Gasteiger partial charge in [0.1, 0.15) is 0 Å². The first-order valence-corrected chi connectivity index (χ1v) is 7.73. The summed E-state index contributed by atoms with van der Waals surface area (Å²) in [6, 6.07) is 0.266. The Balaban J connectivity index is 1.60. The molecule has 5 heteroatoms. The fourth-order valence-corrected chi connectivity index (χ4v) is 4.30. The predicted molar refractivity (Wildman–Crippen MR) is 73.6 cm³/mol. The Labute approximate surface area is 115 Å². The second-order valence-electron chi connectivity index (χ2n) is 6.54. The monoisotopic (exact) mass is 269 g/mol. The highest BCUT2D eigenvalue weighted by Crippen LogP contribution is 2.37. The van der Waals surface area contributed by atoms with Crippen LogP contribution in [0.3, 0.4) is 0 Å². The van der Waals surface area contributed by atoms with Crippen LogP contribution in [0, 0.1) is 23.7 Å². The number of aliphatic hydroxyl groups is 2. The average molecular weight is 269 g/mol. The fraction of sp³-hybridized carbons (Fsp3) is 1.00. The van der Waals surface area contributed by atoms with Gasteiger partial charge in [-0.3, -0.25) is 5.32 Å². The summed E-state index contributed by atoms with van der Waals surface area (Å²) in [4.78, 5) is 0. The van der Waals surface area contributed by atoms with E-state index in [0.29, 0.717) is 36.4 Å². The maximum absolute atomic E-state index is 9.35. The lowest BCUT2D eigenvalue weighted by atomic mass is 9.74. The first-order valence-electron chi connectivity index (χ1n) is 7.73. The Kier molecular flexibility index (Phi) is 4.39. The quantitative estimate of drug-likeness (QED) is 0.460. The minimum Gasteiger partial charge on any atom is -0.396 e. The third-order valence-electron chi connectivity index (χ3n) is 5.37. The predicted octanol–water partition coefficient (Wildman–Crippen LogP) is -0.890. The average Bonchev–Trinajstić information content (AvgIpc) is 2.90. The molecule has 5 nitrogen and oxygen atoms in total. The molecule has 3 fully saturated rings. The highest BCUT2D eigenvalue weighted by molar-refractivity contribution is 4.98. The molecule has 3 aliphatic rings. The van der Waals surface area contributed by atoms with Crippen LogP contribution in [0.1, 0.15) is 19.3 Å². The summed E-state index contributed by atoms with van der Waals surface area (Å²) in [6.45, 7) is 3.68. The van der Waals surface area contributed by atoms with E-state index in [4.69, 9.17) is 0 Å². The summed E-state index contributed by atoms with van der Waals surface area (Å²) in [5.74, 6) is 2.51. The second kappa shape index (κ2) is 6.06. The molecule has 0 bridgehead atoms. The van der Waals surface area contributed by atoms with Crippen LogP contribution in [0.5, 0.6) is 0 Å². The molecule has 0 spiro atoms. The molecule has 5 N–H and O–H groups in total. The van der Waals surface area contributed by atoms with E-state index < -0.39 is 0 Å². The van der Waals surface area contributed by atoms with Crippen LogP contribution in [0.2, 0.25) is 0 Å².